The van der Waals surface area contributed by atoms with Crippen LogP contribution in [0.5, 0.6) is 5.75 Å². The predicted molar refractivity (Wildman–Crippen MR) is 72.3 cm³/mol. The van der Waals surface area contributed by atoms with E-state index >= 15 is 0 Å². The molecule has 0 saturated heterocycles. The average Bonchev–Trinajstić information content (AvgIpc) is 2.79. The molecule has 0 unspecified atom stereocenters. The molecule has 0 radical (unpaired) electrons. The smallest absolute Gasteiger partial charge is 0.348 e. The van der Waals surface area contributed by atoms with E-state index in [1.54, 1.807) is 6.07 Å². The molecule has 0 aliphatic carbocycles. The fraction of sp³-hybridized carbons (Fsp3) is 0.214. The van der Waals surface area contributed by atoms with Crippen molar-refractivity contribution in [3.63, 3.8) is 0 Å². The van der Waals surface area contributed by atoms with Crippen molar-refractivity contribution in [3.05, 3.63) is 39.8 Å². The first kappa shape index (κ1) is 13.5. The number of hydrogen-bond donors (Lipinski definition) is 0. The number of aryl methyl sites for hydroxylation is 1. The minimum atomic E-state index is -0.431. The zero-order valence-corrected chi connectivity index (χ0v) is 11.6. The SMILES string of the molecule is COC(=O)c1scc(C)c1-c1cc(F)ccc1OC. The number of carbonyl (C=O) groups excluding carboxylic acids is 1. The standard InChI is InChI=1S/C14H13FO3S/c1-8-7-19-13(14(16)18-3)12(8)10-6-9(15)4-5-11(10)17-2/h4-7H,1-3H3. The number of thiophene rings is 1. The van der Waals surface area contributed by atoms with Crippen molar-refractivity contribution in [2.45, 2.75) is 6.92 Å². The highest BCUT2D eigenvalue weighted by molar-refractivity contribution is 7.12. The van der Waals surface area contributed by atoms with Gasteiger partial charge in [0.2, 0.25) is 0 Å². The number of ether oxygens (including phenoxy) is 2. The molecule has 0 aliphatic heterocycles. The third-order valence-corrected chi connectivity index (χ3v) is 3.85. The summed E-state index contributed by atoms with van der Waals surface area (Å²) < 4.78 is 23.4. The summed E-state index contributed by atoms with van der Waals surface area (Å²) >= 11 is 1.28. The first-order chi connectivity index (χ1) is 9.08. The van der Waals surface area contributed by atoms with Gasteiger partial charge >= 0.3 is 5.97 Å². The Hall–Kier alpha value is -1.88. The number of rotatable bonds is 3. The molecular formula is C14H13FO3S. The van der Waals surface area contributed by atoms with E-state index in [4.69, 9.17) is 9.47 Å². The summed E-state index contributed by atoms with van der Waals surface area (Å²) in [6, 6.07) is 4.23. The van der Waals surface area contributed by atoms with Crippen LogP contribution in [0.1, 0.15) is 15.2 Å². The van der Waals surface area contributed by atoms with Gasteiger partial charge < -0.3 is 9.47 Å². The lowest BCUT2D eigenvalue weighted by Gasteiger charge is -2.10. The maximum Gasteiger partial charge on any atom is 0.348 e. The molecule has 0 spiro atoms. The number of hydrogen-bond acceptors (Lipinski definition) is 4. The molecule has 0 N–H and O–H groups in total. The first-order valence-corrected chi connectivity index (χ1v) is 6.46. The lowest BCUT2D eigenvalue weighted by atomic mass is 10.0. The Kier molecular flexibility index (Phi) is 3.85. The van der Waals surface area contributed by atoms with E-state index in [9.17, 15) is 9.18 Å². The fourth-order valence-electron chi connectivity index (χ4n) is 1.90. The summed E-state index contributed by atoms with van der Waals surface area (Å²) in [5, 5.41) is 1.84. The first-order valence-electron chi connectivity index (χ1n) is 5.58. The Morgan fingerprint density at radius 2 is 2.05 bits per heavy atom. The molecule has 0 atom stereocenters. The lowest BCUT2D eigenvalue weighted by Crippen LogP contribution is -2.01. The second kappa shape index (κ2) is 5.40. The van der Waals surface area contributed by atoms with Crippen LogP contribution in [-0.2, 0) is 4.74 Å². The second-order valence-electron chi connectivity index (χ2n) is 3.96. The van der Waals surface area contributed by atoms with Crippen LogP contribution in [0.3, 0.4) is 0 Å². The molecule has 2 rings (SSSR count). The minimum absolute atomic E-state index is 0.378. The second-order valence-corrected chi connectivity index (χ2v) is 4.84. The van der Waals surface area contributed by atoms with Gasteiger partial charge in [-0.15, -0.1) is 11.3 Å². The van der Waals surface area contributed by atoms with Gasteiger partial charge in [-0.1, -0.05) is 0 Å². The molecule has 0 saturated carbocycles. The van der Waals surface area contributed by atoms with Gasteiger partial charge in [-0.2, -0.15) is 0 Å². The van der Waals surface area contributed by atoms with Crippen molar-refractivity contribution in [1.82, 2.24) is 0 Å². The summed E-state index contributed by atoms with van der Waals surface area (Å²) in [5.41, 5.74) is 2.10. The van der Waals surface area contributed by atoms with E-state index in [-0.39, 0.29) is 5.82 Å². The van der Waals surface area contributed by atoms with Crippen LogP contribution in [0.15, 0.2) is 23.6 Å². The van der Waals surface area contributed by atoms with E-state index in [0.29, 0.717) is 21.8 Å². The van der Waals surface area contributed by atoms with Crippen molar-refractivity contribution in [3.8, 4) is 16.9 Å². The molecule has 2 aromatic rings. The largest absolute Gasteiger partial charge is 0.496 e. The molecule has 0 amide bonds. The van der Waals surface area contributed by atoms with Crippen LogP contribution in [-0.4, -0.2) is 20.2 Å². The lowest BCUT2D eigenvalue weighted by molar-refractivity contribution is 0.0607. The van der Waals surface area contributed by atoms with Crippen LogP contribution >= 0.6 is 11.3 Å². The van der Waals surface area contributed by atoms with E-state index < -0.39 is 5.97 Å². The van der Waals surface area contributed by atoms with E-state index in [1.807, 2.05) is 12.3 Å². The molecule has 1 aromatic heterocycles. The molecule has 5 heteroatoms. The van der Waals surface area contributed by atoms with Crippen LogP contribution in [0.2, 0.25) is 0 Å². The third kappa shape index (κ3) is 2.46. The van der Waals surface area contributed by atoms with Gasteiger partial charge in [-0.3, -0.25) is 0 Å². The summed E-state index contributed by atoms with van der Waals surface area (Å²) in [6.45, 7) is 1.86. The Morgan fingerprint density at radius 3 is 2.68 bits per heavy atom. The van der Waals surface area contributed by atoms with E-state index in [0.717, 1.165) is 5.56 Å². The molecule has 0 fully saturated rings. The van der Waals surface area contributed by atoms with Gasteiger partial charge in [0, 0.05) is 11.1 Å². The minimum Gasteiger partial charge on any atom is -0.496 e. The Morgan fingerprint density at radius 1 is 1.32 bits per heavy atom. The number of carbonyl (C=O) groups is 1. The van der Waals surface area contributed by atoms with Gasteiger partial charge in [-0.25, -0.2) is 9.18 Å². The molecular weight excluding hydrogens is 267 g/mol. The molecule has 0 bridgehead atoms. The topological polar surface area (TPSA) is 35.5 Å². The zero-order chi connectivity index (χ0) is 14.0. The fourth-order valence-corrected chi connectivity index (χ4v) is 2.88. The molecule has 1 aromatic carbocycles. The van der Waals surface area contributed by atoms with Gasteiger partial charge in [0.05, 0.1) is 14.2 Å². The summed E-state index contributed by atoms with van der Waals surface area (Å²) in [4.78, 5) is 12.2. The van der Waals surface area contributed by atoms with E-state index in [2.05, 4.69) is 0 Å². The van der Waals surface area contributed by atoms with Gasteiger partial charge in [0.1, 0.15) is 16.4 Å². The van der Waals surface area contributed by atoms with Gasteiger partial charge in [0.15, 0.2) is 0 Å². The normalized spacial score (nSPS) is 10.3. The number of halogens is 1. The molecule has 0 aliphatic rings. The molecule has 3 nitrogen and oxygen atoms in total. The van der Waals surface area contributed by atoms with Crippen LogP contribution in [0.25, 0.3) is 11.1 Å². The quantitative estimate of drug-likeness (QED) is 0.805. The van der Waals surface area contributed by atoms with Crippen molar-refractivity contribution in [2.75, 3.05) is 14.2 Å². The Labute approximate surface area is 114 Å². The number of esters is 1. The zero-order valence-electron chi connectivity index (χ0n) is 10.8. The highest BCUT2D eigenvalue weighted by Crippen LogP contribution is 2.38. The predicted octanol–water partition coefficient (Wildman–Crippen LogP) is 3.66. The highest BCUT2D eigenvalue weighted by atomic mass is 32.1. The highest BCUT2D eigenvalue weighted by Gasteiger charge is 2.21. The van der Waals surface area contributed by atoms with Crippen molar-refractivity contribution in [2.24, 2.45) is 0 Å². The maximum absolute atomic E-state index is 13.5. The van der Waals surface area contributed by atoms with Gasteiger partial charge in [-0.05, 0) is 36.1 Å². The number of methoxy groups -OCH3 is 2. The third-order valence-electron chi connectivity index (χ3n) is 2.78. The average molecular weight is 280 g/mol. The monoisotopic (exact) mass is 280 g/mol. The van der Waals surface area contributed by atoms with Crippen molar-refractivity contribution >= 4 is 17.3 Å². The van der Waals surface area contributed by atoms with Crippen LogP contribution < -0.4 is 4.74 Å². The summed E-state index contributed by atoms with van der Waals surface area (Å²) in [5.74, 6) is -0.287. The maximum atomic E-state index is 13.5. The van der Waals surface area contributed by atoms with Crippen molar-refractivity contribution < 1.29 is 18.7 Å². The van der Waals surface area contributed by atoms with Gasteiger partial charge in [0.25, 0.3) is 0 Å². The van der Waals surface area contributed by atoms with E-state index in [1.165, 1.54) is 37.7 Å². The molecule has 100 valence electrons. The van der Waals surface area contributed by atoms with Crippen LogP contribution in [0.4, 0.5) is 4.39 Å². The van der Waals surface area contributed by atoms with Crippen LogP contribution in [0, 0.1) is 12.7 Å². The summed E-state index contributed by atoms with van der Waals surface area (Å²) in [7, 11) is 2.83. The van der Waals surface area contributed by atoms with Crippen molar-refractivity contribution in [1.29, 1.82) is 0 Å². The summed E-state index contributed by atoms with van der Waals surface area (Å²) in [6.07, 6.45) is 0. The molecule has 1 heterocycles. The number of benzene rings is 1. The Balaban J connectivity index is 2.68. The Bertz CT molecular complexity index is 619. The molecule has 19 heavy (non-hydrogen) atoms.